The quantitative estimate of drug-likeness (QED) is 0.628. The molecular formula is C10H10FeN2+3. The summed E-state index contributed by atoms with van der Waals surface area (Å²) in [6.45, 7) is 0. The summed E-state index contributed by atoms with van der Waals surface area (Å²) in [5.41, 5.74) is 0. The van der Waals surface area contributed by atoms with E-state index in [1.807, 2.05) is 36.4 Å². The summed E-state index contributed by atoms with van der Waals surface area (Å²) < 4.78 is 0. The van der Waals surface area contributed by atoms with Crippen molar-refractivity contribution in [3.8, 4) is 0 Å². The van der Waals surface area contributed by atoms with Gasteiger partial charge in [0.15, 0.2) is 0 Å². The van der Waals surface area contributed by atoms with Gasteiger partial charge in [-0.2, -0.15) is 0 Å². The molecule has 3 heteroatoms. The fourth-order valence-corrected chi connectivity index (χ4v) is 0.625. The van der Waals surface area contributed by atoms with Crippen molar-refractivity contribution in [2.24, 2.45) is 0 Å². The molecule has 0 unspecified atom stereocenters. The van der Waals surface area contributed by atoms with Crippen LogP contribution in [0.2, 0.25) is 0 Å². The third-order valence-corrected chi connectivity index (χ3v) is 1.13. The maximum absolute atomic E-state index is 3.78. The van der Waals surface area contributed by atoms with Gasteiger partial charge < -0.3 is 0 Å². The molecule has 0 N–H and O–H groups in total. The van der Waals surface area contributed by atoms with Crippen molar-refractivity contribution < 1.29 is 17.1 Å². The minimum Gasteiger partial charge on any atom is -0.265 e. The van der Waals surface area contributed by atoms with E-state index < -0.39 is 0 Å². The number of rotatable bonds is 0. The van der Waals surface area contributed by atoms with E-state index in [0.717, 1.165) is 0 Å². The zero-order chi connectivity index (χ0) is 8.49. The molecule has 0 saturated carbocycles. The minimum atomic E-state index is 0. The van der Waals surface area contributed by atoms with E-state index in [-0.39, 0.29) is 17.1 Å². The summed E-state index contributed by atoms with van der Waals surface area (Å²) in [5.74, 6) is 0. The third kappa shape index (κ3) is 7.19. The fraction of sp³-hybridized carbons (Fsp3) is 0. The van der Waals surface area contributed by atoms with E-state index in [0.29, 0.717) is 0 Å². The molecule has 2 heterocycles. The van der Waals surface area contributed by atoms with Crippen LogP contribution in [0, 0.1) is 0 Å². The molecule has 1 radical (unpaired) electrons. The Bertz CT molecular complexity index is 188. The summed E-state index contributed by atoms with van der Waals surface area (Å²) in [5, 5.41) is 0. The first kappa shape index (κ1) is 11.8. The Morgan fingerprint density at radius 2 is 0.769 bits per heavy atom. The van der Waals surface area contributed by atoms with Gasteiger partial charge >= 0.3 is 17.1 Å². The Morgan fingerprint density at radius 1 is 0.462 bits per heavy atom. The van der Waals surface area contributed by atoms with Gasteiger partial charge in [0.1, 0.15) is 0 Å². The normalized spacial score (nSPS) is 7.38. The van der Waals surface area contributed by atoms with Crippen molar-refractivity contribution in [2.45, 2.75) is 0 Å². The maximum atomic E-state index is 3.78. The van der Waals surface area contributed by atoms with Crippen molar-refractivity contribution in [2.75, 3.05) is 0 Å². The molecule has 0 fully saturated rings. The predicted molar refractivity (Wildman–Crippen MR) is 48.5 cm³/mol. The molecule has 0 aliphatic rings. The summed E-state index contributed by atoms with van der Waals surface area (Å²) in [6.07, 6.45) is 7.00. The largest absolute Gasteiger partial charge is 3.00 e. The maximum Gasteiger partial charge on any atom is 3.00 e. The Balaban J connectivity index is 0.000000206. The van der Waals surface area contributed by atoms with Gasteiger partial charge in [-0.1, -0.05) is 12.1 Å². The van der Waals surface area contributed by atoms with Crippen molar-refractivity contribution in [1.82, 2.24) is 9.97 Å². The molecule has 0 aromatic carbocycles. The molecule has 0 atom stereocenters. The topological polar surface area (TPSA) is 25.8 Å². The van der Waals surface area contributed by atoms with E-state index >= 15 is 0 Å². The van der Waals surface area contributed by atoms with Crippen LogP contribution in [0.3, 0.4) is 0 Å². The van der Waals surface area contributed by atoms with E-state index in [1.54, 1.807) is 24.8 Å². The molecule has 2 aromatic rings. The van der Waals surface area contributed by atoms with Gasteiger partial charge in [-0.25, -0.2) is 0 Å². The van der Waals surface area contributed by atoms with E-state index in [1.165, 1.54) is 0 Å². The molecule has 0 aliphatic carbocycles. The van der Waals surface area contributed by atoms with E-state index in [9.17, 15) is 0 Å². The summed E-state index contributed by atoms with van der Waals surface area (Å²) in [6, 6.07) is 11.4. The zero-order valence-electron chi connectivity index (χ0n) is 7.02. The number of aromatic nitrogens is 2. The summed E-state index contributed by atoms with van der Waals surface area (Å²) in [4.78, 5) is 7.57. The van der Waals surface area contributed by atoms with Crippen LogP contribution in [0.25, 0.3) is 0 Å². The first-order chi connectivity index (χ1) is 6.00. The minimum absolute atomic E-state index is 0. The molecular weight excluding hydrogens is 204 g/mol. The second-order valence-electron chi connectivity index (χ2n) is 2.05. The SMILES string of the molecule is [Fe+3].c1ccncc1.c1ccncc1. The predicted octanol–water partition coefficient (Wildman–Crippen LogP) is 2.16. The summed E-state index contributed by atoms with van der Waals surface area (Å²) >= 11 is 0. The summed E-state index contributed by atoms with van der Waals surface area (Å²) in [7, 11) is 0. The molecule has 0 spiro atoms. The monoisotopic (exact) mass is 214 g/mol. The number of nitrogens with zero attached hydrogens (tertiary/aromatic N) is 2. The Hall–Kier alpha value is -1.18. The molecule has 0 saturated heterocycles. The van der Waals surface area contributed by atoms with Crippen molar-refractivity contribution >= 4 is 0 Å². The molecule has 0 aliphatic heterocycles. The molecule has 65 valence electrons. The van der Waals surface area contributed by atoms with Gasteiger partial charge in [-0.15, -0.1) is 0 Å². The molecule has 0 amide bonds. The molecule has 0 bridgehead atoms. The van der Waals surface area contributed by atoms with Crippen molar-refractivity contribution in [3.63, 3.8) is 0 Å². The van der Waals surface area contributed by atoms with Crippen LogP contribution in [0.4, 0.5) is 0 Å². The average molecular weight is 214 g/mol. The van der Waals surface area contributed by atoms with Crippen LogP contribution in [0.15, 0.2) is 61.2 Å². The van der Waals surface area contributed by atoms with Crippen LogP contribution in [0.1, 0.15) is 0 Å². The second-order valence-corrected chi connectivity index (χ2v) is 2.05. The Labute approximate surface area is 88.5 Å². The number of hydrogen-bond donors (Lipinski definition) is 0. The standard InChI is InChI=1S/2C5H5N.Fe/c2*1-2-4-6-5-3-1;/h2*1-5H;/q;;+3. The zero-order valence-corrected chi connectivity index (χ0v) is 8.13. The van der Waals surface area contributed by atoms with Gasteiger partial charge in [0.05, 0.1) is 0 Å². The Kier molecular flexibility index (Phi) is 8.10. The van der Waals surface area contributed by atoms with E-state index in [2.05, 4.69) is 9.97 Å². The van der Waals surface area contributed by atoms with Gasteiger partial charge in [-0.05, 0) is 24.3 Å². The van der Waals surface area contributed by atoms with E-state index in [4.69, 9.17) is 0 Å². The van der Waals surface area contributed by atoms with Crippen LogP contribution in [0.5, 0.6) is 0 Å². The number of hydrogen-bond acceptors (Lipinski definition) is 2. The van der Waals surface area contributed by atoms with Crippen molar-refractivity contribution in [3.05, 3.63) is 61.2 Å². The smallest absolute Gasteiger partial charge is 0.265 e. The van der Waals surface area contributed by atoms with Crippen LogP contribution < -0.4 is 0 Å². The van der Waals surface area contributed by atoms with Crippen LogP contribution in [-0.4, -0.2) is 9.97 Å². The van der Waals surface area contributed by atoms with Gasteiger partial charge in [0.25, 0.3) is 0 Å². The average Bonchev–Trinajstić information content (AvgIpc) is 2.24. The fourth-order valence-electron chi connectivity index (χ4n) is 0.625. The number of pyridine rings is 2. The molecule has 2 rings (SSSR count). The van der Waals surface area contributed by atoms with Gasteiger partial charge in [0.2, 0.25) is 0 Å². The first-order valence-electron chi connectivity index (χ1n) is 3.70. The van der Waals surface area contributed by atoms with Crippen LogP contribution in [-0.2, 0) is 17.1 Å². The van der Waals surface area contributed by atoms with Crippen molar-refractivity contribution in [1.29, 1.82) is 0 Å². The third-order valence-electron chi connectivity index (χ3n) is 1.13. The second kappa shape index (κ2) is 8.91. The molecule has 13 heavy (non-hydrogen) atoms. The van der Waals surface area contributed by atoms with Crippen LogP contribution >= 0.6 is 0 Å². The Morgan fingerprint density at radius 3 is 0.846 bits per heavy atom. The molecule has 2 nitrogen and oxygen atoms in total. The van der Waals surface area contributed by atoms with Gasteiger partial charge in [0, 0.05) is 24.8 Å². The first-order valence-corrected chi connectivity index (χ1v) is 3.70. The molecule has 2 aromatic heterocycles. The van der Waals surface area contributed by atoms with Gasteiger partial charge in [-0.3, -0.25) is 9.97 Å².